The van der Waals surface area contributed by atoms with Crippen LogP contribution in [0.15, 0.2) is 24.7 Å². The second-order valence-corrected chi connectivity index (χ2v) is 2.94. The number of fused-ring (bicyclic) bond motifs is 1. The SMILES string of the molecule is Cc1cc(Cl)cn2ccnc12. The summed E-state index contributed by atoms with van der Waals surface area (Å²) < 4.78 is 1.91. The molecule has 2 rings (SSSR count). The van der Waals surface area contributed by atoms with Gasteiger partial charge in [-0.2, -0.15) is 0 Å². The first-order valence-corrected chi connectivity index (χ1v) is 3.74. The highest BCUT2D eigenvalue weighted by atomic mass is 35.5. The molecule has 3 heteroatoms. The number of hydrogen-bond acceptors (Lipinski definition) is 1. The number of nitrogens with zero attached hydrogens (tertiary/aromatic N) is 2. The van der Waals surface area contributed by atoms with Gasteiger partial charge in [0.15, 0.2) is 0 Å². The molecule has 0 fully saturated rings. The van der Waals surface area contributed by atoms with Crippen molar-refractivity contribution in [3.63, 3.8) is 0 Å². The predicted molar refractivity (Wildman–Crippen MR) is 44.9 cm³/mol. The average Bonchev–Trinajstić information content (AvgIpc) is 2.34. The molecule has 2 heterocycles. The van der Waals surface area contributed by atoms with Crippen LogP contribution >= 0.6 is 11.6 Å². The first kappa shape index (κ1) is 6.68. The first-order chi connectivity index (χ1) is 5.27. The van der Waals surface area contributed by atoms with Gasteiger partial charge >= 0.3 is 0 Å². The van der Waals surface area contributed by atoms with E-state index in [4.69, 9.17) is 11.6 Å². The molecule has 0 aliphatic carbocycles. The summed E-state index contributed by atoms with van der Waals surface area (Å²) in [4.78, 5) is 4.16. The average molecular weight is 167 g/mol. The molecule has 0 unspecified atom stereocenters. The first-order valence-electron chi connectivity index (χ1n) is 3.36. The highest BCUT2D eigenvalue weighted by Crippen LogP contribution is 2.14. The van der Waals surface area contributed by atoms with Crippen LogP contribution in [0.25, 0.3) is 5.65 Å². The Kier molecular flexibility index (Phi) is 1.36. The molecule has 0 saturated heterocycles. The lowest BCUT2D eigenvalue weighted by Crippen LogP contribution is -1.85. The molecule has 0 bridgehead atoms. The normalized spacial score (nSPS) is 10.7. The molecule has 0 aliphatic rings. The maximum absolute atomic E-state index is 5.83. The lowest BCUT2D eigenvalue weighted by Gasteiger charge is -1.97. The highest BCUT2D eigenvalue weighted by Gasteiger charge is 1.98. The Labute approximate surface area is 69.4 Å². The van der Waals surface area contributed by atoms with Gasteiger partial charge in [0.05, 0.1) is 5.02 Å². The predicted octanol–water partition coefficient (Wildman–Crippen LogP) is 2.30. The van der Waals surface area contributed by atoms with Crippen LogP contribution in [0.4, 0.5) is 0 Å². The maximum atomic E-state index is 5.83. The number of hydrogen-bond donors (Lipinski definition) is 0. The van der Waals surface area contributed by atoms with Gasteiger partial charge in [-0.25, -0.2) is 4.98 Å². The third-order valence-corrected chi connectivity index (χ3v) is 1.84. The standard InChI is InChI=1S/C8H7ClN2/c1-6-4-7(9)5-11-3-2-10-8(6)11/h2-5H,1H3. The van der Waals surface area contributed by atoms with E-state index in [1.807, 2.05) is 29.8 Å². The summed E-state index contributed by atoms with van der Waals surface area (Å²) >= 11 is 5.83. The van der Waals surface area contributed by atoms with Gasteiger partial charge < -0.3 is 4.40 Å². The van der Waals surface area contributed by atoms with Gasteiger partial charge in [-0.1, -0.05) is 11.6 Å². The van der Waals surface area contributed by atoms with E-state index < -0.39 is 0 Å². The Morgan fingerprint density at radius 3 is 3.18 bits per heavy atom. The van der Waals surface area contributed by atoms with E-state index >= 15 is 0 Å². The van der Waals surface area contributed by atoms with Gasteiger partial charge in [0.2, 0.25) is 0 Å². The highest BCUT2D eigenvalue weighted by molar-refractivity contribution is 6.30. The lowest BCUT2D eigenvalue weighted by atomic mass is 10.3. The smallest absolute Gasteiger partial charge is 0.139 e. The molecule has 0 N–H and O–H groups in total. The van der Waals surface area contributed by atoms with Crippen LogP contribution in [0.3, 0.4) is 0 Å². The fourth-order valence-corrected chi connectivity index (χ4v) is 1.43. The minimum absolute atomic E-state index is 0.744. The zero-order chi connectivity index (χ0) is 7.84. The summed E-state index contributed by atoms with van der Waals surface area (Å²) in [5.74, 6) is 0. The third-order valence-electron chi connectivity index (χ3n) is 1.64. The maximum Gasteiger partial charge on any atom is 0.139 e. The summed E-state index contributed by atoms with van der Waals surface area (Å²) in [5, 5.41) is 0.744. The number of aromatic nitrogens is 2. The van der Waals surface area contributed by atoms with Crippen LogP contribution in [-0.2, 0) is 0 Å². The van der Waals surface area contributed by atoms with Gasteiger partial charge in [-0.3, -0.25) is 0 Å². The van der Waals surface area contributed by atoms with Crippen molar-refractivity contribution in [1.29, 1.82) is 0 Å². The second kappa shape index (κ2) is 2.24. The molecule has 0 saturated carbocycles. The number of pyridine rings is 1. The van der Waals surface area contributed by atoms with Crippen molar-refractivity contribution in [3.05, 3.63) is 35.2 Å². The molecule has 2 nitrogen and oxygen atoms in total. The zero-order valence-corrected chi connectivity index (χ0v) is 6.84. The fourth-order valence-electron chi connectivity index (χ4n) is 1.16. The monoisotopic (exact) mass is 166 g/mol. The minimum Gasteiger partial charge on any atom is -0.305 e. The van der Waals surface area contributed by atoms with E-state index in [1.165, 1.54) is 0 Å². The van der Waals surface area contributed by atoms with Gasteiger partial charge in [-0.05, 0) is 18.6 Å². The summed E-state index contributed by atoms with van der Waals surface area (Å²) in [7, 11) is 0. The van der Waals surface area contributed by atoms with Crippen molar-refractivity contribution < 1.29 is 0 Å². The molecule has 0 amide bonds. The van der Waals surface area contributed by atoms with Gasteiger partial charge in [0, 0.05) is 18.6 Å². The lowest BCUT2D eigenvalue weighted by molar-refractivity contribution is 1.16. The van der Waals surface area contributed by atoms with Crippen molar-refractivity contribution in [2.24, 2.45) is 0 Å². The van der Waals surface area contributed by atoms with E-state index in [-0.39, 0.29) is 0 Å². The van der Waals surface area contributed by atoms with Crippen molar-refractivity contribution in [3.8, 4) is 0 Å². The molecular weight excluding hydrogens is 160 g/mol. The third kappa shape index (κ3) is 0.994. The summed E-state index contributed by atoms with van der Waals surface area (Å²) in [6, 6.07) is 1.91. The van der Waals surface area contributed by atoms with E-state index in [0.29, 0.717) is 0 Å². The topological polar surface area (TPSA) is 17.3 Å². The summed E-state index contributed by atoms with van der Waals surface area (Å²) in [5.41, 5.74) is 2.07. The Morgan fingerprint density at radius 1 is 1.55 bits per heavy atom. The number of imidazole rings is 1. The zero-order valence-electron chi connectivity index (χ0n) is 6.08. The van der Waals surface area contributed by atoms with Crippen LogP contribution in [0.1, 0.15) is 5.56 Å². The molecule has 2 aromatic heterocycles. The van der Waals surface area contributed by atoms with Crippen LogP contribution in [0.2, 0.25) is 5.02 Å². The minimum atomic E-state index is 0.744. The van der Waals surface area contributed by atoms with E-state index in [9.17, 15) is 0 Å². The van der Waals surface area contributed by atoms with Crippen LogP contribution < -0.4 is 0 Å². The van der Waals surface area contributed by atoms with Crippen LogP contribution in [0.5, 0.6) is 0 Å². The van der Waals surface area contributed by atoms with Gasteiger partial charge in [0.25, 0.3) is 0 Å². The Bertz CT molecular complexity index is 392. The molecule has 2 aromatic rings. The second-order valence-electron chi connectivity index (χ2n) is 2.50. The van der Waals surface area contributed by atoms with Crippen molar-refractivity contribution >= 4 is 17.2 Å². The quantitative estimate of drug-likeness (QED) is 0.587. The van der Waals surface area contributed by atoms with E-state index in [1.54, 1.807) is 6.20 Å². The Balaban J connectivity index is 2.91. The molecule has 0 aromatic carbocycles. The molecule has 56 valence electrons. The van der Waals surface area contributed by atoms with Crippen molar-refractivity contribution in [2.75, 3.05) is 0 Å². The summed E-state index contributed by atoms with van der Waals surface area (Å²) in [6.45, 7) is 1.99. The molecule has 11 heavy (non-hydrogen) atoms. The molecule has 0 atom stereocenters. The number of aryl methyl sites for hydroxylation is 1. The van der Waals surface area contributed by atoms with Crippen LogP contribution in [-0.4, -0.2) is 9.38 Å². The molecule has 0 spiro atoms. The largest absolute Gasteiger partial charge is 0.305 e. The Morgan fingerprint density at radius 2 is 2.36 bits per heavy atom. The van der Waals surface area contributed by atoms with E-state index in [0.717, 1.165) is 16.2 Å². The van der Waals surface area contributed by atoms with Gasteiger partial charge in [0.1, 0.15) is 5.65 Å². The van der Waals surface area contributed by atoms with Crippen LogP contribution in [0, 0.1) is 6.92 Å². The van der Waals surface area contributed by atoms with Crippen molar-refractivity contribution in [2.45, 2.75) is 6.92 Å². The summed E-state index contributed by atoms with van der Waals surface area (Å²) in [6.07, 6.45) is 5.49. The number of halogens is 1. The number of rotatable bonds is 0. The Hall–Kier alpha value is -1.02. The molecule has 0 radical (unpaired) electrons. The van der Waals surface area contributed by atoms with E-state index in [2.05, 4.69) is 4.98 Å². The molecular formula is C8H7ClN2. The fraction of sp³-hybridized carbons (Fsp3) is 0.125. The van der Waals surface area contributed by atoms with Crippen molar-refractivity contribution in [1.82, 2.24) is 9.38 Å². The van der Waals surface area contributed by atoms with Gasteiger partial charge in [-0.15, -0.1) is 0 Å². The molecule has 0 aliphatic heterocycles.